The molecule has 1 amide bonds. The van der Waals surface area contributed by atoms with E-state index in [0.29, 0.717) is 31.2 Å². The van der Waals surface area contributed by atoms with Gasteiger partial charge < -0.3 is 19.9 Å². The predicted octanol–water partition coefficient (Wildman–Crippen LogP) is 5.60. The number of alkyl halides is 3. The lowest BCUT2D eigenvalue weighted by Gasteiger charge is -2.36. The Morgan fingerprint density at radius 3 is 2.53 bits per heavy atom. The molecular formula is C20H18Cl4N4O2. The number of ether oxygens (including phenoxy) is 1. The molecule has 158 valence electrons. The average molecular weight is 488 g/mol. The van der Waals surface area contributed by atoms with Gasteiger partial charge in [-0.05, 0) is 30.3 Å². The minimum atomic E-state index is -1.63. The summed E-state index contributed by atoms with van der Waals surface area (Å²) in [6.45, 7) is 1.82. The van der Waals surface area contributed by atoms with Gasteiger partial charge in [0.05, 0.1) is 11.4 Å². The number of carbonyl (C=O) groups excluding carboxylic acids is 1. The second-order valence-corrected chi connectivity index (χ2v) is 9.86. The molecule has 0 bridgehead atoms. The Labute approximate surface area is 194 Å². The zero-order valence-electron chi connectivity index (χ0n) is 15.7. The van der Waals surface area contributed by atoms with Crippen LogP contribution in [0.15, 0.2) is 47.5 Å². The second kappa shape index (κ2) is 8.71. The summed E-state index contributed by atoms with van der Waals surface area (Å²) < 4.78 is 3.45. The number of hydrogen-bond acceptors (Lipinski definition) is 5. The smallest absolute Gasteiger partial charge is 0.410 e. The molecule has 0 spiro atoms. The van der Waals surface area contributed by atoms with Gasteiger partial charge in [0.15, 0.2) is 0 Å². The fraction of sp³-hybridized carbons (Fsp3) is 0.300. The van der Waals surface area contributed by atoms with Crippen molar-refractivity contribution in [3.05, 3.63) is 53.1 Å². The number of benzene rings is 2. The monoisotopic (exact) mass is 486 g/mol. The molecule has 0 aromatic heterocycles. The molecule has 30 heavy (non-hydrogen) atoms. The zero-order valence-corrected chi connectivity index (χ0v) is 18.8. The molecule has 2 aromatic carbocycles. The molecule has 1 N–H and O–H groups in total. The molecule has 4 rings (SSSR count). The van der Waals surface area contributed by atoms with Crippen molar-refractivity contribution >= 4 is 75.4 Å². The molecule has 2 aliphatic rings. The molecule has 10 heteroatoms. The lowest BCUT2D eigenvalue weighted by atomic mass is 10.1. The fourth-order valence-corrected chi connectivity index (χ4v) is 3.72. The highest BCUT2D eigenvalue weighted by Crippen LogP contribution is 2.36. The van der Waals surface area contributed by atoms with Crippen LogP contribution in [0.5, 0.6) is 0 Å². The molecule has 0 unspecified atom stereocenters. The summed E-state index contributed by atoms with van der Waals surface area (Å²) in [6, 6.07) is 13.6. The number of amides is 1. The summed E-state index contributed by atoms with van der Waals surface area (Å²) in [5.74, 6) is 0.827. The largest absolute Gasteiger partial charge is 0.445 e. The molecule has 0 aliphatic carbocycles. The Morgan fingerprint density at radius 2 is 1.80 bits per heavy atom. The maximum atomic E-state index is 12.2. The number of amidine groups is 1. The zero-order chi connectivity index (χ0) is 21.3. The summed E-state index contributed by atoms with van der Waals surface area (Å²) in [6.07, 6.45) is -0.497. The molecular weight excluding hydrogens is 470 g/mol. The fourth-order valence-electron chi connectivity index (χ4n) is 3.39. The van der Waals surface area contributed by atoms with E-state index < -0.39 is 9.89 Å². The van der Waals surface area contributed by atoms with Crippen LogP contribution < -0.4 is 5.32 Å². The molecule has 0 atom stereocenters. The van der Waals surface area contributed by atoms with Gasteiger partial charge in [0.25, 0.3) is 0 Å². The molecule has 1 saturated heterocycles. The van der Waals surface area contributed by atoms with E-state index in [4.69, 9.17) is 56.1 Å². The first-order valence-corrected chi connectivity index (χ1v) is 10.8. The average Bonchev–Trinajstić information content (AvgIpc) is 2.88. The second-order valence-electron chi connectivity index (χ2n) is 6.91. The predicted molar refractivity (Wildman–Crippen MR) is 122 cm³/mol. The van der Waals surface area contributed by atoms with Crippen molar-refractivity contribution in [3.63, 3.8) is 0 Å². The van der Waals surface area contributed by atoms with Crippen LogP contribution in [-0.4, -0.2) is 58.3 Å². The van der Waals surface area contributed by atoms with E-state index in [1.807, 2.05) is 42.5 Å². The quantitative estimate of drug-likeness (QED) is 0.532. The number of hydrogen-bond donors (Lipinski definition) is 1. The first kappa shape index (κ1) is 21.4. The lowest BCUT2D eigenvalue weighted by molar-refractivity contribution is 0.0894. The van der Waals surface area contributed by atoms with Crippen molar-refractivity contribution in [2.75, 3.05) is 38.1 Å². The van der Waals surface area contributed by atoms with E-state index in [-0.39, 0.29) is 6.61 Å². The summed E-state index contributed by atoms with van der Waals surface area (Å²) >= 11 is 23.2. The molecule has 2 heterocycles. The van der Waals surface area contributed by atoms with Crippen LogP contribution in [0.1, 0.15) is 5.56 Å². The highest BCUT2D eigenvalue weighted by atomic mass is 35.6. The minimum Gasteiger partial charge on any atom is -0.445 e. The SMILES string of the molecule is O=C(OCC(Cl)(Cl)Cl)N1CCN(C2=Nc3cc(Cl)ccc3Nc3ccccc32)CC1. The lowest BCUT2D eigenvalue weighted by Crippen LogP contribution is -2.51. The van der Waals surface area contributed by atoms with Crippen molar-refractivity contribution in [1.29, 1.82) is 0 Å². The van der Waals surface area contributed by atoms with Crippen LogP contribution in [0.3, 0.4) is 0 Å². The van der Waals surface area contributed by atoms with E-state index in [2.05, 4.69) is 10.2 Å². The van der Waals surface area contributed by atoms with Crippen LogP contribution in [0.2, 0.25) is 5.02 Å². The highest BCUT2D eigenvalue weighted by molar-refractivity contribution is 6.67. The Morgan fingerprint density at radius 1 is 1.07 bits per heavy atom. The Kier molecular flexibility index (Phi) is 6.21. The first-order valence-electron chi connectivity index (χ1n) is 9.28. The van der Waals surface area contributed by atoms with Crippen molar-refractivity contribution in [1.82, 2.24) is 9.80 Å². The molecule has 1 fully saturated rings. The number of piperazine rings is 1. The van der Waals surface area contributed by atoms with Crippen LogP contribution in [0, 0.1) is 0 Å². The van der Waals surface area contributed by atoms with E-state index >= 15 is 0 Å². The number of rotatable bonds is 1. The van der Waals surface area contributed by atoms with Gasteiger partial charge in [-0.2, -0.15) is 0 Å². The molecule has 2 aliphatic heterocycles. The van der Waals surface area contributed by atoms with Crippen molar-refractivity contribution in [3.8, 4) is 0 Å². The summed E-state index contributed by atoms with van der Waals surface area (Å²) in [5, 5.41) is 4.05. The molecule has 0 radical (unpaired) electrons. The van der Waals surface area contributed by atoms with Crippen LogP contribution in [0.25, 0.3) is 0 Å². The minimum absolute atomic E-state index is 0.292. The van der Waals surface area contributed by atoms with Crippen molar-refractivity contribution in [2.24, 2.45) is 4.99 Å². The number of nitrogens with one attached hydrogen (secondary N) is 1. The van der Waals surface area contributed by atoms with E-state index in [0.717, 1.165) is 28.5 Å². The number of anilines is 2. The van der Waals surface area contributed by atoms with Crippen LogP contribution in [-0.2, 0) is 4.74 Å². The van der Waals surface area contributed by atoms with Gasteiger partial charge in [-0.15, -0.1) is 0 Å². The maximum absolute atomic E-state index is 12.2. The van der Waals surface area contributed by atoms with Crippen LogP contribution >= 0.6 is 46.4 Å². The van der Waals surface area contributed by atoms with Gasteiger partial charge in [-0.25, -0.2) is 9.79 Å². The molecule has 6 nitrogen and oxygen atoms in total. The molecule has 2 aromatic rings. The van der Waals surface area contributed by atoms with Gasteiger partial charge in [-0.3, -0.25) is 0 Å². The summed E-state index contributed by atoms with van der Waals surface area (Å²) in [7, 11) is 0. The third kappa shape index (κ3) is 4.89. The van der Waals surface area contributed by atoms with Crippen LogP contribution in [0.4, 0.5) is 21.9 Å². The number of carbonyl (C=O) groups is 1. The summed E-state index contributed by atoms with van der Waals surface area (Å²) in [4.78, 5) is 20.9. The van der Waals surface area contributed by atoms with E-state index in [1.54, 1.807) is 4.90 Å². The summed E-state index contributed by atoms with van der Waals surface area (Å²) in [5.41, 5.74) is 3.59. The van der Waals surface area contributed by atoms with Crippen molar-refractivity contribution < 1.29 is 9.53 Å². The molecule has 0 saturated carbocycles. The third-order valence-electron chi connectivity index (χ3n) is 4.82. The van der Waals surface area contributed by atoms with E-state index in [1.165, 1.54) is 0 Å². The van der Waals surface area contributed by atoms with E-state index in [9.17, 15) is 4.79 Å². The van der Waals surface area contributed by atoms with Gasteiger partial charge >= 0.3 is 6.09 Å². The van der Waals surface area contributed by atoms with Gasteiger partial charge in [0.1, 0.15) is 12.4 Å². The third-order valence-corrected chi connectivity index (χ3v) is 5.38. The van der Waals surface area contributed by atoms with Gasteiger partial charge in [0, 0.05) is 42.5 Å². The van der Waals surface area contributed by atoms with Gasteiger partial charge in [0.2, 0.25) is 3.79 Å². The number of aliphatic imine (C=N–C) groups is 1. The maximum Gasteiger partial charge on any atom is 0.410 e. The highest BCUT2D eigenvalue weighted by Gasteiger charge is 2.29. The first-order chi connectivity index (χ1) is 14.3. The Balaban J connectivity index is 1.54. The number of fused-ring (bicyclic) bond motifs is 2. The normalized spacial score (nSPS) is 16.1. The standard InChI is InChI=1S/C20H18Cl4N4O2/c21-13-5-6-16-17(11-13)26-18(14-3-1-2-4-15(14)25-16)27-7-9-28(10-8-27)19(29)30-12-20(22,23)24/h1-6,11,25H,7-10,12H2. The van der Waals surface area contributed by atoms with Gasteiger partial charge in [-0.1, -0.05) is 58.5 Å². The topological polar surface area (TPSA) is 57.2 Å². The Bertz CT molecular complexity index is 985. The number of nitrogens with zero attached hydrogens (tertiary/aromatic N) is 3. The number of halogens is 4. The van der Waals surface area contributed by atoms with Crippen molar-refractivity contribution in [2.45, 2.75) is 3.79 Å². The number of para-hydroxylation sites is 1. The Hall–Kier alpha value is -1.86.